The van der Waals surface area contributed by atoms with Crippen LogP contribution in [0.1, 0.15) is 11.1 Å². The van der Waals surface area contributed by atoms with Crippen molar-refractivity contribution in [2.45, 2.75) is 19.7 Å². The number of amides is 1. The van der Waals surface area contributed by atoms with Crippen molar-refractivity contribution in [3.63, 3.8) is 0 Å². The van der Waals surface area contributed by atoms with E-state index in [1.165, 1.54) is 4.57 Å². The topological polar surface area (TPSA) is 87.1 Å². The number of fused-ring (bicyclic) bond motifs is 1. The molecule has 0 fully saturated rings. The fourth-order valence-corrected chi connectivity index (χ4v) is 2.54. The molecule has 0 bridgehead atoms. The Morgan fingerprint density at radius 2 is 1.78 bits per heavy atom. The van der Waals surface area contributed by atoms with Crippen molar-refractivity contribution >= 4 is 16.9 Å². The maximum Gasteiger partial charge on any atom is 0.326 e. The summed E-state index contributed by atoms with van der Waals surface area (Å²) in [6.45, 7) is 0.185. The number of aromatic nitrogens is 2. The molecule has 3 rings (SSSR count). The predicted molar refractivity (Wildman–Crippen MR) is 86.8 cm³/mol. The highest BCUT2D eigenvalue weighted by molar-refractivity contribution is 5.80. The molecule has 1 aromatic heterocycles. The molecule has 1 heterocycles. The first-order valence-electron chi connectivity index (χ1n) is 7.31. The first-order valence-corrected chi connectivity index (χ1v) is 7.31. The first-order chi connectivity index (χ1) is 11.2. The van der Waals surface area contributed by atoms with E-state index in [-0.39, 0.29) is 24.7 Å². The number of aliphatic hydroxyl groups excluding tert-OH is 1. The zero-order valence-corrected chi connectivity index (χ0v) is 12.5. The summed E-state index contributed by atoms with van der Waals surface area (Å²) in [4.78, 5) is 26.8. The maximum absolute atomic E-state index is 12.1. The minimum absolute atomic E-state index is 0.0514. The van der Waals surface area contributed by atoms with Gasteiger partial charge in [0.05, 0.1) is 17.6 Å². The molecule has 0 aliphatic carbocycles. The van der Waals surface area contributed by atoms with Crippen LogP contribution in [0, 0.1) is 0 Å². The van der Waals surface area contributed by atoms with Gasteiger partial charge in [-0.15, -0.1) is 0 Å². The number of para-hydroxylation sites is 2. The summed E-state index contributed by atoms with van der Waals surface area (Å²) in [5, 5.41) is 12.1. The second-order valence-electron chi connectivity index (χ2n) is 5.24. The highest BCUT2D eigenvalue weighted by atomic mass is 16.3. The molecular weight excluding hydrogens is 294 g/mol. The predicted octanol–water partition coefficient (Wildman–Crippen LogP) is 1.14. The van der Waals surface area contributed by atoms with Crippen molar-refractivity contribution in [3.8, 4) is 0 Å². The number of rotatable bonds is 5. The van der Waals surface area contributed by atoms with Crippen molar-refractivity contribution in [3.05, 3.63) is 70.1 Å². The van der Waals surface area contributed by atoms with E-state index in [0.717, 1.165) is 11.1 Å². The van der Waals surface area contributed by atoms with Crippen molar-refractivity contribution in [1.82, 2.24) is 14.9 Å². The molecule has 3 aromatic rings. The van der Waals surface area contributed by atoms with Crippen molar-refractivity contribution in [2.24, 2.45) is 0 Å². The summed E-state index contributed by atoms with van der Waals surface area (Å²) in [6, 6.07) is 14.6. The van der Waals surface area contributed by atoms with Crippen molar-refractivity contribution in [2.75, 3.05) is 0 Å². The summed E-state index contributed by atoms with van der Waals surface area (Å²) in [5.41, 5.74) is 2.73. The maximum atomic E-state index is 12.1. The van der Waals surface area contributed by atoms with Gasteiger partial charge in [-0.05, 0) is 23.3 Å². The van der Waals surface area contributed by atoms with Crippen LogP contribution in [0.3, 0.4) is 0 Å². The summed E-state index contributed by atoms with van der Waals surface area (Å²) >= 11 is 0. The Kier molecular flexibility index (Phi) is 4.25. The largest absolute Gasteiger partial charge is 0.392 e. The van der Waals surface area contributed by atoms with Gasteiger partial charge < -0.3 is 15.4 Å². The Bertz CT molecular complexity index is 895. The van der Waals surface area contributed by atoms with Gasteiger partial charge in [-0.3, -0.25) is 9.36 Å². The second-order valence-corrected chi connectivity index (χ2v) is 5.24. The molecule has 1 amide bonds. The van der Waals surface area contributed by atoms with Gasteiger partial charge in [-0.2, -0.15) is 0 Å². The monoisotopic (exact) mass is 311 g/mol. The van der Waals surface area contributed by atoms with Gasteiger partial charge in [0.15, 0.2) is 0 Å². The first kappa shape index (κ1) is 15.1. The number of benzene rings is 2. The van der Waals surface area contributed by atoms with E-state index in [2.05, 4.69) is 10.3 Å². The molecular formula is C17H17N3O3. The summed E-state index contributed by atoms with van der Waals surface area (Å²) in [7, 11) is 0. The van der Waals surface area contributed by atoms with Crippen LogP contribution in [0.5, 0.6) is 0 Å². The van der Waals surface area contributed by atoms with Crippen LogP contribution in [0.15, 0.2) is 53.3 Å². The molecule has 0 saturated heterocycles. The van der Waals surface area contributed by atoms with E-state index in [1.807, 2.05) is 36.4 Å². The van der Waals surface area contributed by atoms with Crippen LogP contribution < -0.4 is 11.0 Å². The summed E-state index contributed by atoms with van der Waals surface area (Å²) < 4.78 is 1.41. The fourth-order valence-electron chi connectivity index (χ4n) is 2.54. The normalized spacial score (nSPS) is 10.8. The van der Waals surface area contributed by atoms with E-state index in [4.69, 9.17) is 0 Å². The smallest absolute Gasteiger partial charge is 0.326 e. The molecule has 23 heavy (non-hydrogen) atoms. The van der Waals surface area contributed by atoms with Gasteiger partial charge in [0.25, 0.3) is 0 Å². The Morgan fingerprint density at radius 1 is 1.09 bits per heavy atom. The summed E-state index contributed by atoms with van der Waals surface area (Å²) in [5.74, 6) is -0.260. The lowest BCUT2D eigenvalue weighted by Gasteiger charge is -2.09. The third-order valence-corrected chi connectivity index (χ3v) is 3.75. The van der Waals surface area contributed by atoms with E-state index in [1.54, 1.807) is 12.1 Å². The van der Waals surface area contributed by atoms with Gasteiger partial charge >= 0.3 is 5.69 Å². The van der Waals surface area contributed by atoms with E-state index in [9.17, 15) is 14.7 Å². The molecule has 0 aliphatic rings. The third-order valence-electron chi connectivity index (χ3n) is 3.75. The number of imidazole rings is 1. The molecule has 0 atom stereocenters. The summed E-state index contributed by atoms with van der Waals surface area (Å²) in [6.07, 6.45) is 0. The van der Waals surface area contributed by atoms with E-state index < -0.39 is 0 Å². The Morgan fingerprint density at radius 3 is 2.57 bits per heavy atom. The van der Waals surface area contributed by atoms with E-state index in [0.29, 0.717) is 17.6 Å². The van der Waals surface area contributed by atoms with Gasteiger partial charge in [0, 0.05) is 6.54 Å². The minimum atomic E-state index is -0.308. The second kappa shape index (κ2) is 6.50. The SMILES string of the molecule is O=C(Cn1c(=O)[nH]c2ccccc21)NCc1ccccc1CO. The van der Waals surface area contributed by atoms with Crippen molar-refractivity contribution in [1.29, 1.82) is 0 Å². The Labute approximate surface area is 132 Å². The molecule has 0 spiro atoms. The average Bonchev–Trinajstić information content (AvgIpc) is 2.89. The lowest BCUT2D eigenvalue weighted by molar-refractivity contribution is -0.121. The lowest BCUT2D eigenvalue weighted by Crippen LogP contribution is -2.31. The van der Waals surface area contributed by atoms with Crippen LogP contribution in [-0.4, -0.2) is 20.6 Å². The molecule has 118 valence electrons. The third kappa shape index (κ3) is 3.17. The standard InChI is InChI=1S/C17H17N3O3/c21-11-13-6-2-1-5-12(13)9-18-16(22)10-20-15-8-4-3-7-14(15)19-17(20)23/h1-8,21H,9-11H2,(H,18,22)(H,19,23). The Balaban J connectivity index is 1.72. The average molecular weight is 311 g/mol. The number of aromatic amines is 1. The number of carbonyl (C=O) groups is 1. The fraction of sp³-hybridized carbons (Fsp3) is 0.176. The number of hydrogen-bond acceptors (Lipinski definition) is 3. The number of hydrogen-bond donors (Lipinski definition) is 3. The molecule has 2 aromatic carbocycles. The number of nitrogens with one attached hydrogen (secondary N) is 2. The lowest BCUT2D eigenvalue weighted by atomic mass is 10.1. The molecule has 3 N–H and O–H groups in total. The molecule has 0 aliphatic heterocycles. The molecule has 0 saturated carbocycles. The zero-order chi connectivity index (χ0) is 16.2. The number of aliphatic hydroxyl groups is 1. The highest BCUT2D eigenvalue weighted by Crippen LogP contribution is 2.10. The van der Waals surface area contributed by atoms with Gasteiger partial charge in [-0.1, -0.05) is 36.4 Å². The van der Waals surface area contributed by atoms with Gasteiger partial charge in [0.1, 0.15) is 6.54 Å². The molecule has 6 nitrogen and oxygen atoms in total. The molecule has 0 unspecified atom stereocenters. The number of H-pyrrole nitrogens is 1. The Hall–Kier alpha value is -2.86. The van der Waals surface area contributed by atoms with Crippen molar-refractivity contribution < 1.29 is 9.90 Å². The number of carbonyl (C=O) groups excluding carboxylic acids is 1. The van der Waals surface area contributed by atoms with Crippen LogP contribution in [0.4, 0.5) is 0 Å². The molecule has 6 heteroatoms. The quantitative estimate of drug-likeness (QED) is 0.660. The van der Waals surface area contributed by atoms with Gasteiger partial charge in [-0.25, -0.2) is 4.79 Å². The zero-order valence-electron chi connectivity index (χ0n) is 12.5. The van der Waals surface area contributed by atoms with E-state index >= 15 is 0 Å². The van der Waals surface area contributed by atoms with Crippen LogP contribution in [-0.2, 0) is 24.5 Å². The number of nitrogens with zero attached hydrogens (tertiary/aromatic N) is 1. The molecule has 0 radical (unpaired) electrons. The minimum Gasteiger partial charge on any atom is -0.392 e. The van der Waals surface area contributed by atoms with Gasteiger partial charge in [0.2, 0.25) is 5.91 Å². The van der Waals surface area contributed by atoms with Crippen LogP contribution in [0.2, 0.25) is 0 Å². The highest BCUT2D eigenvalue weighted by Gasteiger charge is 2.10. The van der Waals surface area contributed by atoms with Crippen LogP contribution in [0.25, 0.3) is 11.0 Å². The van der Waals surface area contributed by atoms with Crippen LogP contribution >= 0.6 is 0 Å².